The Labute approximate surface area is 127 Å². The summed E-state index contributed by atoms with van der Waals surface area (Å²) in [5.74, 6) is 0. The summed E-state index contributed by atoms with van der Waals surface area (Å²) in [6, 6.07) is 19.1. The fourth-order valence-electron chi connectivity index (χ4n) is 2.38. The molecule has 3 rings (SSSR count). The molecule has 0 aliphatic rings. The predicted molar refractivity (Wildman–Crippen MR) is 89.0 cm³/mol. The van der Waals surface area contributed by atoms with E-state index in [-0.39, 0.29) is 10.6 Å². The topological polar surface area (TPSA) is 55.5 Å². The average molecular weight is 290 g/mol. The van der Waals surface area contributed by atoms with Crippen LogP contribution in [-0.4, -0.2) is 11.1 Å². The average Bonchev–Trinajstić information content (AvgIpc) is 2.53. The van der Waals surface area contributed by atoms with Gasteiger partial charge in [0.2, 0.25) is 0 Å². The zero-order valence-electron chi connectivity index (χ0n) is 12.1. The molecule has 3 aromatic carbocycles. The van der Waals surface area contributed by atoms with Crippen LogP contribution in [0.25, 0.3) is 10.8 Å². The number of fused-ring (bicyclic) bond motifs is 1. The Hall–Kier alpha value is -3.01. The van der Waals surface area contributed by atoms with Gasteiger partial charge in [-0.25, -0.2) is 0 Å². The highest BCUT2D eigenvalue weighted by molar-refractivity contribution is 5.91. The summed E-state index contributed by atoms with van der Waals surface area (Å²) in [4.78, 5) is 15.0. The molecule has 0 aliphatic heterocycles. The van der Waals surface area contributed by atoms with Crippen molar-refractivity contribution in [3.05, 3.63) is 81.9 Å². The number of nitro groups is 1. The molecule has 0 radical (unpaired) electrons. The van der Waals surface area contributed by atoms with Crippen LogP contribution in [0.4, 0.5) is 11.4 Å². The van der Waals surface area contributed by atoms with Crippen LogP contribution < -0.4 is 0 Å². The van der Waals surface area contributed by atoms with Gasteiger partial charge in [0.1, 0.15) is 0 Å². The van der Waals surface area contributed by atoms with E-state index >= 15 is 0 Å². The molecule has 0 saturated heterocycles. The van der Waals surface area contributed by atoms with Crippen molar-refractivity contribution in [3.8, 4) is 0 Å². The van der Waals surface area contributed by atoms with Gasteiger partial charge >= 0.3 is 0 Å². The van der Waals surface area contributed by atoms with Crippen LogP contribution in [0.1, 0.15) is 11.1 Å². The molecule has 0 atom stereocenters. The van der Waals surface area contributed by atoms with E-state index in [2.05, 4.69) is 11.1 Å². The van der Waals surface area contributed by atoms with Crippen LogP contribution in [0.3, 0.4) is 0 Å². The summed E-state index contributed by atoms with van der Waals surface area (Å²) < 4.78 is 0. The third-order valence-corrected chi connectivity index (χ3v) is 3.60. The second kappa shape index (κ2) is 5.77. The molecule has 4 heteroatoms. The van der Waals surface area contributed by atoms with E-state index in [0.717, 1.165) is 10.9 Å². The maximum Gasteiger partial charge on any atom is 0.274 e. The number of benzene rings is 3. The van der Waals surface area contributed by atoms with Crippen molar-refractivity contribution in [1.82, 2.24) is 0 Å². The highest BCUT2D eigenvalue weighted by Crippen LogP contribution is 2.27. The number of hydrogen-bond donors (Lipinski definition) is 0. The van der Waals surface area contributed by atoms with Crippen molar-refractivity contribution in [1.29, 1.82) is 0 Å². The SMILES string of the molecule is Cc1c(N=Cc2ccc3ccccc3c2)cccc1[N+](=O)[O-]. The van der Waals surface area contributed by atoms with Gasteiger partial charge in [-0.3, -0.25) is 15.1 Å². The molecule has 0 saturated carbocycles. The first-order valence-corrected chi connectivity index (χ1v) is 6.92. The molecule has 0 fully saturated rings. The van der Waals surface area contributed by atoms with Gasteiger partial charge in [0.15, 0.2) is 0 Å². The maximum absolute atomic E-state index is 10.9. The molecule has 0 aliphatic carbocycles. The lowest BCUT2D eigenvalue weighted by Gasteiger charge is -2.02. The third kappa shape index (κ3) is 2.72. The van der Waals surface area contributed by atoms with Crippen molar-refractivity contribution < 1.29 is 4.92 Å². The van der Waals surface area contributed by atoms with Crippen molar-refractivity contribution in [2.45, 2.75) is 6.92 Å². The Kier molecular flexibility index (Phi) is 3.66. The molecular weight excluding hydrogens is 276 g/mol. The van der Waals surface area contributed by atoms with Crippen molar-refractivity contribution in [3.63, 3.8) is 0 Å². The number of hydrogen-bond acceptors (Lipinski definition) is 3. The smallest absolute Gasteiger partial charge is 0.258 e. The molecule has 0 heterocycles. The van der Waals surface area contributed by atoms with Crippen molar-refractivity contribution in [2.75, 3.05) is 0 Å². The summed E-state index contributed by atoms with van der Waals surface area (Å²) in [5.41, 5.74) is 2.24. The second-order valence-corrected chi connectivity index (χ2v) is 5.04. The van der Waals surface area contributed by atoms with E-state index in [9.17, 15) is 10.1 Å². The van der Waals surface area contributed by atoms with Gasteiger partial charge in [-0.05, 0) is 35.4 Å². The fourth-order valence-corrected chi connectivity index (χ4v) is 2.38. The van der Waals surface area contributed by atoms with Gasteiger partial charge in [-0.1, -0.05) is 42.5 Å². The lowest BCUT2D eigenvalue weighted by atomic mass is 10.1. The Morgan fingerprint density at radius 3 is 2.55 bits per heavy atom. The Balaban J connectivity index is 1.96. The van der Waals surface area contributed by atoms with Gasteiger partial charge in [-0.15, -0.1) is 0 Å². The minimum atomic E-state index is -0.385. The van der Waals surface area contributed by atoms with Gasteiger partial charge in [0, 0.05) is 12.3 Å². The van der Waals surface area contributed by atoms with Crippen LogP contribution >= 0.6 is 0 Å². The first kappa shape index (κ1) is 13.9. The van der Waals surface area contributed by atoms with Gasteiger partial charge in [-0.2, -0.15) is 0 Å². The van der Waals surface area contributed by atoms with Crippen LogP contribution in [-0.2, 0) is 0 Å². The molecule has 0 unspecified atom stereocenters. The van der Waals surface area contributed by atoms with E-state index in [1.807, 2.05) is 36.4 Å². The third-order valence-electron chi connectivity index (χ3n) is 3.60. The molecule has 0 N–H and O–H groups in total. The van der Waals surface area contributed by atoms with E-state index in [0.29, 0.717) is 11.3 Å². The summed E-state index contributed by atoms with van der Waals surface area (Å²) in [6.45, 7) is 1.71. The predicted octanol–water partition coefficient (Wildman–Crippen LogP) is 4.81. The normalized spacial score (nSPS) is 11.1. The van der Waals surface area contributed by atoms with Gasteiger partial charge < -0.3 is 0 Å². The minimum absolute atomic E-state index is 0.0909. The molecule has 4 nitrogen and oxygen atoms in total. The highest BCUT2D eigenvalue weighted by Gasteiger charge is 2.12. The van der Waals surface area contributed by atoms with E-state index in [1.165, 1.54) is 11.5 Å². The number of aliphatic imine (C=N–C) groups is 1. The van der Waals surface area contributed by atoms with Crippen LogP contribution in [0, 0.1) is 17.0 Å². The molecule has 0 bridgehead atoms. The Morgan fingerprint density at radius 1 is 1.00 bits per heavy atom. The highest BCUT2D eigenvalue weighted by atomic mass is 16.6. The van der Waals surface area contributed by atoms with E-state index in [4.69, 9.17) is 0 Å². The molecule has 0 amide bonds. The van der Waals surface area contributed by atoms with E-state index in [1.54, 1.807) is 25.3 Å². The summed E-state index contributed by atoms with van der Waals surface area (Å²) in [7, 11) is 0. The van der Waals surface area contributed by atoms with Crippen molar-refractivity contribution >= 4 is 28.4 Å². The minimum Gasteiger partial charge on any atom is -0.258 e. The Morgan fingerprint density at radius 2 is 1.77 bits per heavy atom. The second-order valence-electron chi connectivity index (χ2n) is 5.04. The van der Waals surface area contributed by atoms with Gasteiger partial charge in [0.05, 0.1) is 16.2 Å². The number of rotatable bonds is 3. The standard InChI is InChI=1S/C18H14N2O2/c1-13-17(7-4-8-18(13)20(21)22)19-12-14-9-10-15-5-2-3-6-16(15)11-14/h2-12H,1H3. The molecule has 3 aromatic rings. The first-order valence-electron chi connectivity index (χ1n) is 6.92. The molecule has 108 valence electrons. The van der Waals surface area contributed by atoms with Crippen LogP contribution in [0.15, 0.2) is 65.7 Å². The lowest BCUT2D eigenvalue weighted by Crippen LogP contribution is -1.91. The van der Waals surface area contributed by atoms with Crippen LogP contribution in [0.5, 0.6) is 0 Å². The zero-order valence-corrected chi connectivity index (χ0v) is 12.1. The number of nitro benzene ring substituents is 1. The molecule has 0 aromatic heterocycles. The summed E-state index contributed by atoms with van der Waals surface area (Å²) >= 11 is 0. The quantitative estimate of drug-likeness (QED) is 0.395. The van der Waals surface area contributed by atoms with Gasteiger partial charge in [0.25, 0.3) is 5.69 Å². The molecule has 0 spiro atoms. The first-order chi connectivity index (χ1) is 10.6. The Bertz CT molecular complexity index is 885. The maximum atomic E-state index is 10.9. The zero-order chi connectivity index (χ0) is 15.5. The number of nitrogens with zero attached hydrogens (tertiary/aromatic N) is 2. The summed E-state index contributed by atoms with van der Waals surface area (Å²) in [6.07, 6.45) is 1.73. The summed E-state index contributed by atoms with van der Waals surface area (Å²) in [5, 5.41) is 13.3. The van der Waals surface area contributed by atoms with Crippen molar-refractivity contribution in [2.24, 2.45) is 4.99 Å². The molecular formula is C18H14N2O2. The largest absolute Gasteiger partial charge is 0.274 e. The van der Waals surface area contributed by atoms with Crippen LogP contribution in [0.2, 0.25) is 0 Å². The lowest BCUT2D eigenvalue weighted by molar-refractivity contribution is -0.385. The molecule has 22 heavy (non-hydrogen) atoms. The van der Waals surface area contributed by atoms with E-state index < -0.39 is 0 Å². The fraction of sp³-hybridized carbons (Fsp3) is 0.0556. The monoisotopic (exact) mass is 290 g/mol.